The number of carbonyl (C=O) groups is 1. The number of anilines is 1. The van der Waals surface area contributed by atoms with Crippen LogP contribution in [0.5, 0.6) is 0 Å². The van der Waals surface area contributed by atoms with Gasteiger partial charge in [-0.05, 0) is 33.0 Å². The second-order valence-corrected chi connectivity index (χ2v) is 4.55. The fourth-order valence-corrected chi connectivity index (χ4v) is 1.98. The summed E-state index contributed by atoms with van der Waals surface area (Å²) in [7, 11) is 1.78. The van der Waals surface area contributed by atoms with Crippen LogP contribution in [0.3, 0.4) is 0 Å². The lowest BCUT2D eigenvalue weighted by atomic mass is 10.1. The maximum absolute atomic E-state index is 13.6. The number of nitrogens with zero attached hydrogens (tertiary/aromatic N) is 2. The van der Waals surface area contributed by atoms with E-state index in [4.69, 9.17) is 5.73 Å². The molecular weight excluding hydrogens is 245 g/mol. The number of amides is 1. The van der Waals surface area contributed by atoms with Crippen LogP contribution in [-0.2, 0) is 11.3 Å². The molecule has 0 aliphatic heterocycles. The molecule has 0 fully saturated rings. The van der Waals surface area contributed by atoms with Crippen LogP contribution in [0.25, 0.3) is 0 Å². The molecule has 0 radical (unpaired) electrons. The number of halogens is 1. The van der Waals surface area contributed by atoms with Crippen molar-refractivity contribution < 1.29 is 9.18 Å². The Morgan fingerprint density at radius 2 is 1.95 bits per heavy atom. The fraction of sp³-hybridized carbons (Fsp3) is 0.500. The quantitative estimate of drug-likeness (QED) is 0.798. The smallest absolute Gasteiger partial charge is 0.236 e. The highest BCUT2D eigenvalue weighted by molar-refractivity contribution is 5.78. The average molecular weight is 267 g/mol. The second-order valence-electron chi connectivity index (χ2n) is 4.55. The molecule has 0 saturated heterocycles. The van der Waals surface area contributed by atoms with E-state index in [-0.39, 0.29) is 18.3 Å². The standard InChI is InChI=1S/C14H22FN3O/c1-4-18(5-2)14(19)10-17(3)9-11-12(15)7-6-8-13(11)16/h6-8H,4-5,9-10,16H2,1-3H3. The number of benzene rings is 1. The van der Waals surface area contributed by atoms with Gasteiger partial charge in [-0.3, -0.25) is 9.69 Å². The Bertz CT molecular complexity index is 412. The number of likely N-dealkylation sites (N-methyl/N-ethyl adjacent to an activating group) is 2. The predicted molar refractivity (Wildman–Crippen MR) is 75.1 cm³/mol. The van der Waals surface area contributed by atoms with Crippen molar-refractivity contribution in [2.45, 2.75) is 20.4 Å². The summed E-state index contributed by atoms with van der Waals surface area (Å²) in [5.41, 5.74) is 6.61. The summed E-state index contributed by atoms with van der Waals surface area (Å²) in [4.78, 5) is 15.5. The van der Waals surface area contributed by atoms with Gasteiger partial charge in [-0.1, -0.05) is 6.07 Å². The molecule has 0 aliphatic carbocycles. The van der Waals surface area contributed by atoms with Gasteiger partial charge < -0.3 is 10.6 Å². The Morgan fingerprint density at radius 3 is 2.47 bits per heavy atom. The zero-order valence-corrected chi connectivity index (χ0v) is 11.8. The van der Waals surface area contributed by atoms with Gasteiger partial charge in [0.15, 0.2) is 0 Å². The first-order chi connectivity index (χ1) is 8.99. The van der Waals surface area contributed by atoms with E-state index in [1.165, 1.54) is 6.07 Å². The summed E-state index contributed by atoms with van der Waals surface area (Å²) in [6.07, 6.45) is 0. The lowest BCUT2D eigenvalue weighted by molar-refractivity contribution is -0.131. The first-order valence-electron chi connectivity index (χ1n) is 6.48. The molecular formula is C14H22FN3O. The molecule has 1 aromatic carbocycles. The third kappa shape index (κ3) is 4.21. The number of nitrogen functional groups attached to an aromatic ring is 1. The van der Waals surface area contributed by atoms with Crippen molar-refractivity contribution in [3.8, 4) is 0 Å². The summed E-state index contributed by atoms with van der Waals surface area (Å²) in [5.74, 6) is -0.287. The molecule has 0 heterocycles. The lowest BCUT2D eigenvalue weighted by Crippen LogP contribution is -2.38. The first kappa shape index (κ1) is 15.4. The zero-order chi connectivity index (χ0) is 14.4. The van der Waals surface area contributed by atoms with Gasteiger partial charge in [0.2, 0.25) is 5.91 Å². The van der Waals surface area contributed by atoms with Gasteiger partial charge in [-0.25, -0.2) is 4.39 Å². The molecule has 4 nitrogen and oxygen atoms in total. The van der Waals surface area contributed by atoms with Crippen LogP contribution in [0.2, 0.25) is 0 Å². The topological polar surface area (TPSA) is 49.6 Å². The summed E-state index contributed by atoms with van der Waals surface area (Å²) in [6.45, 7) is 5.84. The average Bonchev–Trinajstić information content (AvgIpc) is 2.35. The Labute approximate surface area is 114 Å². The summed E-state index contributed by atoms with van der Waals surface area (Å²) in [5, 5.41) is 0. The molecule has 19 heavy (non-hydrogen) atoms. The molecule has 0 aliphatic rings. The van der Waals surface area contributed by atoms with E-state index in [0.29, 0.717) is 30.9 Å². The van der Waals surface area contributed by atoms with Gasteiger partial charge in [-0.15, -0.1) is 0 Å². The van der Waals surface area contributed by atoms with Crippen LogP contribution in [0.1, 0.15) is 19.4 Å². The third-order valence-electron chi connectivity index (χ3n) is 3.10. The van der Waals surface area contributed by atoms with Gasteiger partial charge in [0.05, 0.1) is 6.54 Å². The van der Waals surface area contributed by atoms with E-state index < -0.39 is 0 Å². The summed E-state index contributed by atoms with van der Waals surface area (Å²) < 4.78 is 13.6. The molecule has 1 aromatic rings. The molecule has 0 unspecified atom stereocenters. The Morgan fingerprint density at radius 1 is 1.32 bits per heavy atom. The van der Waals surface area contributed by atoms with Crippen LogP contribution < -0.4 is 5.73 Å². The van der Waals surface area contributed by atoms with Crippen molar-refractivity contribution in [3.63, 3.8) is 0 Å². The maximum Gasteiger partial charge on any atom is 0.236 e. The van der Waals surface area contributed by atoms with Gasteiger partial charge >= 0.3 is 0 Å². The minimum Gasteiger partial charge on any atom is -0.398 e. The van der Waals surface area contributed by atoms with Crippen molar-refractivity contribution in [1.82, 2.24) is 9.80 Å². The van der Waals surface area contributed by atoms with E-state index in [1.54, 1.807) is 29.0 Å². The molecule has 0 spiro atoms. The molecule has 5 heteroatoms. The minimum atomic E-state index is -0.331. The minimum absolute atomic E-state index is 0.0439. The van der Waals surface area contributed by atoms with E-state index in [9.17, 15) is 9.18 Å². The highest BCUT2D eigenvalue weighted by Gasteiger charge is 2.14. The molecule has 0 saturated carbocycles. The van der Waals surface area contributed by atoms with E-state index >= 15 is 0 Å². The normalized spacial score (nSPS) is 10.8. The molecule has 1 rings (SSSR count). The zero-order valence-electron chi connectivity index (χ0n) is 11.8. The van der Waals surface area contributed by atoms with Gasteiger partial charge in [-0.2, -0.15) is 0 Å². The van der Waals surface area contributed by atoms with Crippen LogP contribution >= 0.6 is 0 Å². The van der Waals surface area contributed by atoms with Gasteiger partial charge in [0, 0.05) is 30.9 Å². The number of nitrogens with two attached hydrogens (primary N) is 1. The monoisotopic (exact) mass is 267 g/mol. The largest absolute Gasteiger partial charge is 0.398 e. The maximum atomic E-state index is 13.6. The molecule has 2 N–H and O–H groups in total. The SMILES string of the molecule is CCN(CC)C(=O)CN(C)Cc1c(N)cccc1F. The van der Waals surface area contributed by atoms with Crippen molar-refractivity contribution in [1.29, 1.82) is 0 Å². The first-order valence-corrected chi connectivity index (χ1v) is 6.48. The Hall–Kier alpha value is -1.62. The van der Waals surface area contributed by atoms with Gasteiger partial charge in [0.25, 0.3) is 0 Å². The fourth-order valence-electron chi connectivity index (χ4n) is 1.98. The number of rotatable bonds is 6. The lowest BCUT2D eigenvalue weighted by Gasteiger charge is -2.23. The van der Waals surface area contributed by atoms with Gasteiger partial charge in [0.1, 0.15) is 5.82 Å². The van der Waals surface area contributed by atoms with E-state index in [1.807, 2.05) is 13.8 Å². The Balaban J connectivity index is 2.65. The van der Waals surface area contributed by atoms with Crippen molar-refractivity contribution >= 4 is 11.6 Å². The predicted octanol–water partition coefficient (Wildman–Crippen LogP) is 1.71. The molecule has 0 atom stereocenters. The van der Waals surface area contributed by atoms with E-state index in [2.05, 4.69) is 0 Å². The van der Waals surface area contributed by atoms with Crippen LogP contribution in [0.4, 0.5) is 10.1 Å². The molecule has 0 bridgehead atoms. The van der Waals surface area contributed by atoms with Crippen LogP contribution in [0, 0.1) is 5.82 Å². The summed E-state index contributed by atoms with van der Waals surface area (Å²) in [6, 6.07) is 4.62. The highest BCUT2D eigenvalue weighted by Crippen LogP contribution is 2.17. The molecule has 1 amide bonds. The number of carbonyl (C=O) groups excluding carboxylic acids is 1. The highest BCUT2D eigenvalue weighted by atomic mass is 19.1. The number of hydrogen-bond acceptors (Lipinski definition) is 3. The molecule has 0 aromatic heterocycles. The van der Waals surface area contributed by atoms with Crippen molar-refractivity contribution in [2.75, 3.05) is 32.4 Å². The Kier molecular flexibility index (Phi) is 5.76. The molecule has 106 valence electrons. The van der Waals surface area contributed by atoms with Crippen LogP contribution in [0.15, 0.2) is 18.2 Å². The third-order valence-corrected chi connectivity index (χ3v) is 3.10. The van der Waals surface area contributed by atoms with Crippen molar-refractivity contribution in [3.05, 3.63) is 29.6 Å². The number of hydrogen-bond donors (Lipinski definition) is 1. The van der Waals surface area contributed by atoms with Crippen LogP contribution in [-0.4, -0.2) is 42.4 Å². The van der Waals surface area contributed by atoms with Crippen molar-refractivity contribution in [2.24, 2.45) is 0 Å². The van der Waals surface area contributed by atoms with E-state index in [0.717, 1.165) is 0 Å². The second kappa shape index (κ2) is 7.09. The summed E-state index contributed by atoms with van der Waals surface area (Å²) >= 11 is 0.